The van der Waals surface area contributed by atoms with Gasteiger partial charge in [0.05, 0.1) is 29.2 Å². The maximum atomic E-state index is 12.6. The summed E-state index contributed by atoms with van der Waals surface area (Å²) in [5.74, 6) is -0.727. The average Bonchev–Trinajstić information content (AvgIpc) is 3.14. The van der Waals surface area contributed by atoms with Crippen LogP contribution in [0.3, 0.4) is 0 Å². The standard InChI is InChI=1S/C21H21Cl2NO4/c22-14-7-10-17(18(23)11-14)21(27)24-19(12-20(25)26)13-5-8-16(9-6-13)28-15-3-1-2-4-15/h5-11,15,19H,1-4,12H2,(H,24,27)(H,25,26)/t19-/m0/s1. The molecule has 28 heavy (non-hydrogen) atoms. The second kappa shape index (κ2) is 9.30. The molecule has 5 nitrogen and oxygen atoms in total. The van der Waals surface area contributed by atoms with Crippen LogP contribution in [0.15, 0.2) is 42.5 Å². The van der Waals surface area contributed by atoms with Gasteiger partial charge in [0.2, 0.25) is 0 Å². The highest BCUT2D eigenvalue weighted by molar-refractivity contribution is 6.36. The van der Waals surface area contributed by atoms with Crippen LogP contribution in [-0.2, 0) is 4.79 Å². The van der Waals surface area contributed by atoms with Gasteiger partial charge in [-0.15, -0.1) is 0 Å². The number of carbonyl (C=O) groups is 2. The molecule has 0 unspecified atom stereocenters. The third kappa shape index (κ3) is 5.40. The van der Waals surface area contributed by atoms with Crippen LogP contribution in [0.1, 0.15) is 54.1 Å². The molecule has 0 radical (unpaired) electrons. The number of carboxylic acid groups (broad SMARTS) is 1. The minimum atomic E-state index is -1.02. The predicted octanol–water partition coefficient (Wildman–Crippen LogP) is 5.26. The van der Waals surface area contributed by atoms with Crippen molar-refractivity contribution in [2.75, 3.05) is 0 Å². The molecule has 148 valence electrons. The molecule has 0 bridgehead atoms. The van der Waals surface area contributed by atoms with Crippen LogP contribution >= 0.6 is 23.2 Å². The van der Waals surface area contributed by atoms with Crippen LogP contribution in [0.5, 0.6) is 5.75 Å². The smallest absolute Gasteiger partial charge is 0.305 e. The van der Waals surface area contributed by atoms with Gasteiger partial charge >= 0.3 is 5.97 Å². The molecule has 0 aliphatic heterocycles. The number of carboxylic acids is 1. The van der Waals surface area contributed by atoms with Crippen molar-refractivity contribution < 1.29 is 19.4 Å². The topological polar surface area (TPSA) is 75.6 Å². The summed E-state index contributed by atoms with van der Waals surface area (Å²) in [6, 6.07) is 11.0. The molecule has 1 amide bonds. The van der Waals surface area contributed by atoms with Crippen LogP contribution in [0.4, 0.5) is 0 Å². The maximum absolute atomic E-state index is 12.6. The van der Waals surface area contributed by atoms with E-state index in [0.717, 1.165) is 18.6 Å². The Morgan fingerprint density at radius 2 is 1.79 bits per heavy atom. The van der Waals surface area contributed by atoms with E-state index in [-0.39, 0.29) is 23.1 Å². The highest BCUT2D eigenvalue weighted by Crippen LogP contribution is 2.27. The molecule has 2 aromatic carbocycles. The van der Waals surface area contributed by atoms with Crippen molar-refractivity contribution in [1.29, 1.82) is 0 Å². The van der Waals surface area contributed by atoms with Crippen molar-refractivity contribution >= 4 is 35.1 Å². The molecule has 1 atom stereocenters. The molecular weight excluding hydrogens is 401 g/mol. The van der Waals surface area contributed by atoms with Gasteiger partial charge in [0.1, 0.15) is 5.75 Å². The number of nitrogens with one attached hydrogen (secondary N) is 1. The highest BCUT2D eigenvalue weighted by Gasteiger charge is 2.21. The summed E-state index contributed by atoms with van der Waals surface area (Å²) in [4.78, 5) is 23.9. The molecule has 1 aliphatic carbocycles. The van der Waals surface area contributed by atoms with Gasteiger partial charge in [-0.2, -0.15) is 0 Å². The van der Waals surface area contributed by atoms with Crippen molar-refractivity contribution in [2.45, 2.75) is 44.2 Å². The number of amides is 1. The molecule has 1 aliphatic rings. The quantitative estimate of drug-likeness (QED) is 0.638. The van der Waals surface area contributed by atoms with Gasteiger partial charge < -0.3 is 15.2 Å². The second-order valence-corrected chi connectivity index (χ2v) is 7.69. The lowest BCUT2D eigenvalue weighted by Gasteiger charge is -2.19. The first-order valence-corrected chi connectivity index (χ1v) is 9.92. The SMILES string of the molecule is O=C(O)C[C@H](NC(=O)c1ccc(Cl)cc1Cl)c1ccc(OC2CCCC2)cc1. The fraction of sp³-hybridized carbons (Fsp3) is 0.333. The van der Waals surface area contributed by atoms with E-state index in [1.54, 1.807) is 18.2 Å². The molecule has 2 aromatic rings. The van der Waals surface area contributed by atoms with Crippen LogP contribution < -0.4 is 10.1 Å². The van der Waals surface area contributed by atoms with Gasteiger partial charge in [0.25, 0.3) is 5.91 Å². The lowest BCUT2D eigenvalue weighted by molar-refractivity contribution is -0.137. The van der Waals surface area contributed by atoms with Gasteiger partial charge in [-0.1, -0.05) is 35.3 Å². The second-order valence-electron chi connectivity index (χ2n) is 6.84. The minimum Gasteiger partial charge on any atom is -0.490 e. The molecule has 0 heterocycles. The van der Waals surface area contributed by atoms with E-state index < -0.39 is 17.9 Å². The summed E-state index contributed by atoms with van der Waals surface area (Å²) in [6.45, 7) is 0. The predicted molar refractivity (Wildman–Crippen MR) is 108 cm³/mol. The zero-order valence-electron chi connectivity index (χ0n) is 15.2. The summed E-state index contributed by atoms with van der Waals surface area (Å²) in [6.07, 6.45) is 4.47. The normalized spacial score (nSPS) is 15.2. The zero-order valence-corrected chi connectivity index (χ0v) is 16.7. The molecule has 3 rings (SSSR count). The molecule has 1 saturated carbocycles. The Balaban J connectivity index is 1.73. The van der Waals surface area contributed by atoms with Gasteiger partial charge in [-0.05, 0) is 61.6 Å². The van der Waals surface area contributed by atoms with Gasteiger partial charge in [0, 0.05) is 5.02 Å². The van der Waals surface area contributed by atoms with E-state index in [4.69, 9.17) is 27.9 Å². The van der Waals surface area contributed by atoms with E-state index >= 15 is 0 Å². The summed E-state index contributed by atoms with van der Waals surface area (Å²) < 4.78 is 5.93. The largest absolute Gasteiger partial charge is 0.490 e. The molecule has 0 spiro atoms. The third-order valence-corrected chi connectivity index (χ3v) is 5.30. The van der Waals surface area contributed by atoms with Crippen molar-refractivity contribution in [3.63, 3.8) is 0 Å². The number of halogens is 2. The summed E-state index contributed by atoms with van der Waals surface area (Å²) >= 11 is 11.9. The fourth-order valence-corrected chi connectivity index (χ4v) is 3.81. The van der Waals surface area contributed by atoms with Crippen LogP contribution in [0, 0.1) is 0 Å². The average molecular weight is 422 g/mol. The molecule has 2 N–H and O–H groups in total. The van der Waals surface area contributed by atoms with E-state index in [9.17, 15) is 14.7 Å². The van der Waals surface area contributed by atoms with Crippen LogP contribution in [0.2, 0.25) is 10.0 Å². The minimum absolute atomic E-state index is 0.208. The first-order chi connectivity index (χ1) is 13.4. The summed E-state index contributed by atoms with van der Waals surface area (Å²) in [5, 5.41) is 12.6. The van der Waals surface area contributed by atoms with E-state index in [1.165, 1.54) is 25.0 Å². The lowest BCUT2D eigenvalue weighted by Crippen LogP contribution is -2.30. The lowest BCUT2D eigenvalue weighted by atomic mass is 10.0. The first-order valence-electron chi connectivity index (χ1n) is 9.16. The van der Waals surface area contributed by atoms with Gasteiger partial charge in [0.15, 0.2) is 0 Å². The number of benzene rings is 2. The van der Waals surface area contributed by atoms with Gasteiger partial charge in [-0.25, -0.2) is 0 Å². The monoisotopic (exact) mass is 421 g/mol. The molecule has 7 heteroatoms. The Hall–Kier alpha value is -2.24. The van der Waals surface area contributed by atoms with Crippen molar-refractivity contribution in [3.05, 3.63) is 63.6 Å². The van der Waals surface area contributed by atoms with Crippen molar-refractivity contribution in [3.8, 4) is 5.75 Å². The number of carbonyl (C=O) groups excluding carboxylic acids is 1. The summed E-state index contributed by atoms with van der Waals surface area (Å²) in [5.41, 5.74) is 0.919. The number of hydrogen-bond donors (Lipinski definition) is 2. The highest BCUT2D eigenvalue weighted by atomic mass is 35.5. The van der Waals surface area contributed by atoms with Crippen LogP contribution in [0.25, 0.3) is 0 Å². The molecular formula is C21H21Cl2NO4. The summed E-state index contributed by atoms with van der Waals surface area (Å²) in [7, 11) is 0. The number of aliphatic carboxylic acids is 1. The van der Waals surface area contributed by atoms with E-state index in [1.807, 2.05) is 12.1 Å². The number of rotatable bonds is 7. The Bertz CT molecular complexity index is 848. The maximum Gasteiger partial charge on any atom is 0.305 e. The number of hydrogen-bond acceptors (Lipinski definition) is 3. The molecule has 0 aromatic heterocycles. The van der Waals surface area contributed by atoms with E-state index in [0.29, 0.717) is 10.6 Å². The van der Waals surface area contributed by atoms with Gasteiger partial charge in [-0.3, -0.25) is 9.59 Å². The molecule has 1 fully saturated rings. The van der Waals surface area contributed by atoms with Crippen LogP contribution in [-0.4, -0.2) is 23.1 Å². The first kappa shape index (κ1) is 20.5. The third-order valence-electron chi connectivity index (χ3n) is 4.75. The Labute approximate surface area is 173 Å². The Morgan fingerprint density at radius 1 is 1.11 bits per heavy atom. The van der Waals surface area contributed by atoms with E-state index in [2.05, 4.69) is 5.32 Å². The molecule has 0 saturated heterocycles. The number of ether oxygens (including phenoxy) is 1. The zero-order chi connectivity index (χ0) is 20.1. The van der Waals surface area contributed by atoms with Crippen molar-refractivity contribution in [2.24, 2.45) is 0 Å². The fourth-order valence-electron chi connectivity index (χ4n) is 3.31. The van der Waals surface area contributed by atoms with Crippen molar-refractivity contribution in [1.82, 2.24) is 5.32 Å². The Morgan fingerprint density at radius 3 is 2.39 bits per heavy atom. The Kier molecular flexibility index (Phi) is 6.81.